The maximum atomic E-state index is 11.2. The first-order valence-corrected chi connectivity index (χ1v) is 6.54. The minimum absolute atomic E-state index is 0.427. The molecule has 0 amide bonds. The SMILES string of the molecule is CCc1ccc(N(C)C2CCC(=O)CC2)cc1. The second-order valence-corrected chi connectivity index (χ2v) is 4.90. The van der Waals surface area contributed by atoms with E-state index in [1.54, 1.807) is 0 Å². The molecular formula is C15H21NO. The number of carbonyl (C=O) groups excluding carboxylic acids is 1. The Hall–Kier alpha value is -1.31. The standard InChI is InChI=1S/C15H21NO/c1-3-12-4-6-13(7-5-12)16(2)14-8-10-15(17)11-9-14/h4-7,14H,3,8-11H2,1-2H3. The second-order valence-electron chi connectivity index (χ2n) is 4.90. The highest BCUT2D eigenvalue weighted by Gasteiger charge is 2.22. The topological polar surface area (TPSA) is 20.3 Å². The van der Waals surface area contributed by atoms with Crippen LogP contribution in [0.15, 0.2) is 24.3 Å². The first-order chi connectivity index (χ1) is 8.20. The lowest BCUT2D eigenvalue weighted by Crippen LogP contribution is -2.35. The molecule has 0 unspecified atom stereocenters. The van der Waals surface area contributed by atoms with Crippen LogP contribution in [0.1, 0.15) is 38.2 Å². The lowest BCUT2D eigenvalue weighted by atomic mass is 9.93. The highest BCUT2D eigenvalue weighted by atomic mass is 16.1. The third-order valence-corrected chi connectivity index (χ3v) is 3.81. The summed E-state index contributed by atoms with van der Waals surface area (Å²) in [6, 6.07) is 9.30. The van der Waals surface area contributed by atoms with Crippen LogP contribution in [0.2, 0.25) is 0 Å². The smallest absolute Gasteiger partial charge is 0.133 e. The molecule has 0 bridgehead atoms. The zero-order chi connectivity index (χ0) is 12.3. The minimum Gasteiger partial charge on any atom is -0.372 e. The van der Waals surface area contributed by atoms with Crippen LogP contribution in [0.25, 0.3) is 0 Å². The Bertz CT molecular complexity index is 372. The first-order valence-electron chi connectivity index (χ1n) is 6.54. The predicted octanol–water partition coefficient (Wildman–Crippen LogP) is 3.20. The van der Waals surface area contributed by atoms with Crippen molar-refractivity contribution in [2.45, 2.75) is 45.1 Å². The van der Waals surface area contributed by atoms with E-state index in [9.17, 15) is 4.79 Å². The van der Waals surface area contributed by atoms with Gasteiger partial charge in [0.05, 0.1) is 0 Å². The van der Waals surface area contributed by atoms with E-state index in [-0.39, 0.29) is 0 Å². The molecule has 92 valence electrons. The molecule has 17 heavy (non-hydrogen) atoms. The molecule has 0 atom stereocenters. The third-order valence-electron chi connectivity index (χ3n) is 3.81. The third kappa shape index (κ3) is 2.87. The van der Waals surface area contributed by atoms with Crippen LogP contribution in [-0.2, 0) is 11.2 Å². The number of hydrogen-bond acceptors (Lipinski definition) is 2. The summed E-state index contributed by atoms with van der Waals surface area (Å²) in [6.07, 6.45) is 4.60. The molecule has 2 heteroatoms. The Kier molecular flexibility index (Phi) is 3.82. The average Bonchev–Trinajstić information content (AvgIpc) is 2.39. The van der Waals surface area contributed by atoms with Crippen molar-refractivity contribution in [2.24, 2.45) is 0 Å². The molecule has 1 aromatic carbocycles. The molecule has 0 spiro atoms. The number of benzene rings is 1. The molecule has 1 aliphatic carbocycles. The summed E-state index contributed by atoms with van der Waals surface area (Å²) in [5.41, 5.74) is 2.64. The van der Waals surface area contributed by atoms with Crippen molar-refractivity contribution < 1.29 is 4.79 Å². The van der Waals surface area contributed by atoms with Gasteiger partial charge in [-0.2, -0.15) is 0 Å². The van der Waals surface area contributed by atoms with Gasteiger partial charge in [-0.3, -0.25) is 4.79 Å². The zero-order valence-corrected chi connectivity index (χ0v) is 10.8. The molecule has 0 aromatic heterocycles. The number of rotatable bonds is 3. The summed E-state index contributed by atoms with van der Waals surface area (Å²) >= 11 is 0. The van der Waals surface area contributed by atoms with Gasteiger partial charge < -0.3 is 4.90 Å². The maximum Gasteiger partial charge on any atom is 0.133 e. The molecule has 0 heterocycles. The fourth-order valence-electron chi connectivity index (χ4n) is 2.49. The fraction of sp³-hybridized carbons (Fsp3) is 0.533. The largest absolute Gasteiger partial charge is 0.372 e. The number of hydrogen-bond donors (Lipinski definition) is 0. The average molecular weight is 231 g/mol. The monoisotopic (exact) mass is 231 g/mol. The molecule has 0 radical (unpaired) electrons. The lowest BCUT2D eigenvalue weighted by Gasteiger charge is -2.32. The van der Waals surface area contributed by atoms with Gasteiger partial charge in [0.1, 0.15) is 5.78 Å². The van der Waals surface area contributed by atoms with Crippen LogP contribution in [0.4, 0.5) is 5.69 Å². The molecule has 2 rings (SSSR count). The van der Waals surface area contributed by atoms with E-state index < -0.39 is 0 Å². The zero-order valence-electron chi connectivity index (χ0n) is 10.8. The van der Waals surface area contributed by atoms with E-state index in [0.29, 0.717) is 11.8 Å². The predicted molar refractivity (Wildman–Crippen MR) is 71.5 cm³/mol. The van der Waals surface area contributed by atoms with E-state index >= 15 is 0 Å². The van der Waals surface area contributed by atoms with Gasteiger partial charge in [-0.25, -0.2) is 0 Å². The van der Waals surface area contributed by atoms with E-state index in [1.165, 1.54) is 11.3 Å². The number of Topliss-reactive ketones (excluding diaryl/α,β-unsaturated/α-hetero) is 1. The number of nitrogens with zero attached hydrogens (tertiary/aromatic N) is 1. The van der Waals surface area contributed by atoms with Crippen molar-refractivity contribution in [1.29, 1.82) is 0 Å². The molecule has 1 saturated carbocycles. The summed E-state index contributed by atoms with van der Waals surface area (Å²) in [5.74, 6) is 0.427. The summed E-state index contributed by atoms with van der Waals surface area (Å²) in [6.45, 7) is 2.17. The second kappa shape index (κ2) is 5.35. The molecule has 1 aromatic rings. The van der Waals surface area contributed by atoms with Crippen molar-refractivity contribution in [1.82, 2.24) is 0 Å². The van der Waals surface area contributed by atoms with Crippen LogP contribution in [-0.4, -0.2) is 18.9 Å². The van der Waals surface area contributed by atoms with Gasteiger partial charge in [0.25, 0.3) is 0 Å². The van der Waals surface area contributed by atoms with Gasteiger partial charge in [-0.1, -0.05) is 19.1 Å². The van der Waals surface area contributed by atoms with Crippen LogP contribution >= 0.6 is 0 Å². The van der Waals surface area contributed by atoms with Gasteiger partial charge in [-0.05, 0) is 37.0 Å². The van der Waals surface area contributed by atoms with E-state index in [0.717, 1.165) is 32.1 Å². The first kappa shape index (κ1) is 12.2. The van der Waals surface area contributed by atoms with Gasteiger partial charge >= 0.3 is 0 Å². The molecule has 0 N–H and O–H groups in total. The van der Waals surface area contributed by atoms with E-state index in [1.807, 2.05) is 0 Å². The highest BCUT2D eigenvalue weighted by Crippen LogP contribution is 2.24. The highest BCUT2D eigenvalue weighted by molar-refractivity contribution is 5.79. The van der Waals surface area contributed by atoms with Crippen molar-refractivity contribution in [3.8, 4) is 0 Å². The van der Waals surface area contributed by atoms with Crippen molar-refractivity contribution in [3.63, 3.8) is 0 Å². The fourth-order valence-corrected chi connectivity index (χ4v) is 2.49. The van der Waals surface area contributed by atoms with Crippen LogP contribution in [0.3, 0.4) is 0 Å². The van der Waals surface area contributed by atoms with Crippen molar-refractivity contribution >= 4 is 11.5 Å². The number of anilines is 1. The molecule has 0 aliphatic heterocycles. The van der Waals surface area contributed by atoms with Gasteiger partial charge in [-0.15, -0.1) is 0 Å². The molecular weight excluding hydrogens is 210 g/mol. The Morgan fingerprint density at radius 1 is 1.18 bits per heavy atom. The van der Waals surface area contributed by atoms with E-state index in [4.69, 9.17) is 0 Å². The quantitative estimate of drug-likeness (QED) is 0.796. The normalized spacial score (nSPS) is 17.2. The summed E-state index contributed by atoms with van der Waals surface area (Å²) in [7, 11) is 2.14. The maximum absolute atomic E-state index is 11.2. The summed E-state index contributed by atoms with van der Waals surface area (Å²) in [5, 5.41) is 0. The number of ketones is 1. The van der Waals surface area contributed by atoms with Crippen molar-refractivity contribution in [2.75, 3.05) is 11.9 Å². The Morgan fingerprint density at radius 2 is 1.76 bits per heavy atom. The number of carbonyl (C=O) groups is 1. The van der Waals surface area contributed by atoms with Crippen LogP contribution in [0.5, 0.6) is 0 Å². The number of aryl methyl sites for hydroxylation is 1. The molecule has 1 aliphatic rings. The van der Waals surface area contributed by atoms with Crippen molar-refractivity contribution in [3.05, 3.63) is 29.8 Å². The lowest BCUT2D eigenvalue weighted by molar-refractivity contribution is -0.120. The Balaban J connectivity index is 2.03. The van der Waals surface area contributed by atoms with E-state index in [2.05, 4.69) is 43.1 Å². The summed E-state index contributed by atoms with van der Waals surface area (Å²) < 4.78 is 0. The van der Waals surface area contributed by atoms with Gasteiger partial charge in [0.2, 0.25) is 0 Å². The van der Waals surface area contributed by atoms with Crippen LogP contribution < -0.4 is 4.90 Å². The Labute approximate surface area is 104 Å². The Morgan fingerprint density at radius 3 is 2.29 bits per heavy atom. The molecule has 1 fully saturated rings. The molecule has 2 nitrogen and oxygen atoms in total. The summed E-state index contributed by atoms with van der Waals surface area (Å²) in [4.78, 5) is 13.6. The van der Waals surface area contributed by atoms with Gasteiger partial charge in [0, 0.05) is 31.6 Å². The molecule has 0 saturated heterocycles. The van der Waals surface area contributed by atoms with Crippen LogP contribution in [0, 0.1) is 0 Å². The van der Waals surface area contributed by atoms with Gasteiger partial charge in [0.15, 0.2) is 0 Å². The minimum atomic E-state index is 0.427.